The summed E-state index contributed by atoms with van der Waals surface area (Å²) in [6.07, 6.45) is 3.89. The van der Waals surface area contributed by atoms with Gasteiger partial charge in [-0.15, -0.1) is 0 Å². The number of ketones is 1. The smallest absolute Gasteiger partial charge is 0.170 e. The molecule has 1 aliphatic carbocycles. The number of methoxy groups -OCH3 is 1. The lowest BCUT2D eigenvalue weighted by molar-refractivity contribution is -0.124. The molecule has 0 aromatic carbocycles. The summed E-state index contributed by atoms with van der Waals surface area (Å²) in [7, 11) is 1.62. The summed E-state index contributed by atoms with van der Waals surface area (Å²) >= 11 is 0. The molecular formula is C11H16O2. The molecular weight excluding hydrogens is 164 g/mol. The molecule has 0 bridgehead atoms. The first-order valence-electron chi connectivity index (χ1n) is 4.41. The van der Waals surface area contributed by atoms with Crippen molar-refractivity contribution >= 4 is 5.78 Å². The third-order valence-electron chi connectivity index (χ3n) is 2.31. The molecule has 0 amide bonds. The second-order valence-electron chi connectivity index (χ2n) is 3.90. The third-order valence-corrected chi connectivity index (χ3v) is 2.31. The normalized spacial score (nSPS) is 28.5. The Morgan fingerprint density at radius 2 is 2.08 bits per heavy atom. The summed E-state index contributed by atoms with van der Waals surface area (Å²) in [6.45, 7) is 6.23. The Kier molecular flexibility index (Phi) is 2.71. The first kappa shape index (κ1) is 10.2. The van der Waals surface area contributed by atoms with E-state index < -0.39 is 5.41 Å². The molecule has 0 spiro atoms. The van der Waals surface area contributed by atoms with Gasteiger partial charge in [0.05, 0.1) is 12.0 Å². The van der Waals surface area contributed by atoms with Crippen molar-refractivity contribution in [3.05, 3.63) is 23.3 Å². The number of hydrogen-bond donors (Lipinski definition) is 0. The van der Waals surface area contributed by atoms with Gasteiger partial charge in [-0.2, -0.15) is 0 Å². The highest BCUT2D eigenvalue weighted by atomic mass is 16.5. The predicted molar refractivity (Wildman–Crippen MR) is 52.5 cm³/mol. The van der Waals surface area contributed by atoms with E-state index in [0.717, 1.165) is 11.1 Å². The number of rotatable bonds is 2. The third kappa shape index (κ3) is 1.89. The maximum Gasteiger partial charge on any atom is 0.170 e. The maximum absolute atomic E-state index is 11.8. The van der Waals surface area contributed by atoms with Crippen molar-refractivity contribution < 1.29 is 9.53 Å². The van der Waals surface area contributed by atoms with Crippen LogP contribution in [0.3, 0.4) is 0 Å². The molecule has 0 saturated heterocycles. The van der Waals surface area contributed by atoms with E-state index in [-0.39, 0.29) is 5.78 Å². The van der Waals surface area contributed by atoms with Crippen LogP contribution in [0.25, 0.3) is 0 Å². The monoisotopic (exact) mass is 180 g/mol. The van der Waals surface area contributed by atoms with Crippen LogP contribution in [0.2, 0.25) is 0 Å². The minimum Gasteiger partial charge on any atom is -0.383 e. The number of allylic oxidation sites excluding steroid dienone is 3. The van der Waals surface area contributed by atoms with Crippen molar-refractivity contribution in [1.82, 2.24) is 0 Å². The van der Waals surface area contributed by atoms with E-state index in [9.17, 15) is 4.79 Å². The Morgan fingerprint density at radius 3 is 2.62 bits per heavy atom. The Labute approximate surface area is 79.3 Å². The summed E-state index contributed by atoms with van der Waals surface area (Å²) in [5.41, 5.74) is 1.49. The lowest BCUT2D eigenvalue weighted by Crippen LogP contribution is -2.33. The SMILES string of the molecule is COCC1(C)C=C(C)C=C(C)C1=O. The van der Waals surface area contributed by atoms with Crippen LogP contribution in [0.5, 0.6) is 0 Å². The summed E-state index contributed by atoms with van der Waals surface area (Å²) in [4.78, 5) is 11.8. The van der Waals surface area contributed by atoms with Gasteiger partial charge in [0, 0.05) is 7.11 Å². The molecule has 1 aliphatic rings. The number of Topliss-reactive ketones (excluding diaryl/α,β-unsaturated/α-hetero) is 1. The number of ether oxygens (including phenoxy) is 1. The fraction of sp³-hybridized carbons (Fsp3) is 0.545. The van der Waals surface area contributed by atoms with Crippen molar-refractivity contribution in [3.8, 4) is 0 Å². The summed E-state index contributed by atoms with van der Waals surface area (Å²) in [5, 5.41) is 0. The first-order valence-corrected chi connectivity index (χ1v) is 4.41. The molecule has 2 nitrogen and oxygen atoms in total. The summed E-state index contributed by atoms with van der Waals surface area (Å²) in [6, 6.07) is 0. The molecule has 13 heavy (non-hydrogen) atoms. The molecule has 1 atom stereocenters. The van der Waals surface area contributed by atoms with Crippen LogP contribution in [0.15, 0.2) is 23.3 Å². The molecule has 1 unspecified atom stereocenters. The van der Waals surface area contributed by atoms with Crippen LogP contribution in [0, 0.1) is 5.41 Å². The van der Waals surface area contributed by atoms with Gasteiger partial charge in [-0.25, -0.2) is 0 Å². The average molecular weight is 180 g/mol. The van der Waals surface area contributed by atoms with E-state index in [1.807, 2.05) is 32.9 Å². The van der Waals surface area contributed by atoms with Crippen molar-refractivity contribution in [2.45, 2.75) is 20.8 Å². The standard InChI is InChI=1S/C11H16O2/c1-8-5-9(2)10(12)11(3,6-8)7-13-4/h5-6H,7H2,1-4H3. The zero-order chi connectivity index (χ0) is 10.1. The van der Waals surface area contributed by atoms with E-state index in [0.29, 0.717) is 6.61 Å². The zero-order valence-corrected chi connectivity index (χ0v) is 8.68. The van der Waals surface area contributed by atoms with E-state index in [4.69, 9.17) is 4.74 Å². The predicted octanol–water partition coefficient (Wildman–Crippen LogP) is 2.11. The van der Waals surface area contributed by atoms with Gasteiger partial charge < -0.3 is 4.74 Å². The minimum absolute atomic E-state index is 0.167. The average Bonchev–Trinajstić information content (AvgIpc) is 2.00. The summed E-state index contributed by atoms with van der Waals surface area (Å²) in [5.74, 6) is 0.167. The molecule has 72 valence electrons. The number of carbonyl (C=O) groups excluding carboxylic acids is 1. The van der Waals surface area contributed by atoms with Crippen LogP contribution < -0.4 is 0 Å². The Balaban J connectivity index is 3.01. The molecule has 2 heteroatoms. The van der Waals surface area contributed by atoms with Gasteiger partial charge >= 0.3 is 0 Å². The van der Waals surface area contributed by atoms with Crippen LogP contribution in [0.1, 0.15) is 20.8 Å². The minimum atomic E-state index is -0.461. The topological polar surface area (TPSA) is 26.3 Å². The first-order chi connectivity index (χ1) is 5.99. The quantitative estimate of drug-likeness (QED) is 0.650. The Hall–Kier alpha value is -0.890. The van der Waals surface area contributed by atoms with Crippen LogP contribution >= 0.6 is 0 Å². The van der Waals surface area contributed by atoms with Crippen molar-refractivity contribution in [2.24, 2.45) is 5.41 Å². The second-order valence-corrected chi connectivity index (χ2v) is 3.90. The fourth-order valence-corrected chi connectivity index (χ4v) is 1.87. The molecule has 1 rings (SSSR count). The van der Waals surface area contributed by atoms with Crippen molar-refractivity contribution in [1.29, 1.82) is 0 Å². The molecule has 0 aromatic heterocycles. The summed E-state index contributed by atoms with van der Waals surface area (Å²) < 4.78 is 5.06. The van der Waals surface area contributed by atoms with Gasteiger partial charge in [0.2, 0.25) is 0 Å². The van der Waals surface area contributed by atoms with Crippen molar-refractivity contribution in [2.75, 3.05) is 13.7 Å². The van der Waals surface area contributed by atoms with Crippen LogP contribution in [0.4, 0.5) is 0 Å². The molecule has 0 aromatic rings. The Bertz CT molecular complexity index is 286. The van der Waals surface area contributed by atoms with Crippen molar-refractivity contribution in [3.63, 3.8) is 0 Å². The van der Waals surface area contributed by atoms with Gasteiger partial charge in [-0.3, -0.25) is 4.79 Å². The van der Waals surface area contributed by atoms with E-state index >= 15 is 0 Å². The lowest BCUT2D eigenvalue weighted by atomic mass is 9.78. The molecule has 0 aliphatic heterocycles. The highest BCUT2D eigenvalue weighted by Crippen LogP contribution is 2.30. The maximum atomic E-state index is 11.8. The highest BCUT2D eigenvalue weighted by Gasteiger charge is 2.33. The molecule has 0 heterocycles. The number of carbonyl (C=O) groups is 1. The van der Waals surface area contributed by atoms with Gasteiger partial charge in [0.25, 0.3) is 0 Å². The van der Waals surface area contributed by atoms with Crippen LogP contribution in [-0.4, -0.2) is 19.5 Å². The van der Waals surface area contributed by atoms with Crippen LogP contribution in [-0.2, 0) is 9.53 Å². The molecule has 0 N–H and O–H groups in total. The molecule has 0 radical (unpaired) electrons. The Morgan fingerprint density at radius 1 is 1.46 bits per heavy atom. The van der Waals surface area contributed by atoms with Gasteiger partial charge in [0.1, 0.15) is 0 Å². The highest BCUT2D eigenvalue weighted by molar-refractivity contribution is 6.02. The largest absolute Gasteiger partial charge is 0.383 e. The van der Waals surface area contributed by atoms with Gasteiger partial charge in [-0.05, 0) is 26.3 Å². The van der Waals surface area contributed by atoms with E-state index in [1.54, 1.807) is 7.11 Å². The fourth-order valence-electron chi connectivity index (χ4n) is 1.87. The van der Waals surface area contributed by atoms with E-state index in [2.05, 4.69) is 0 Å². The van der Waals surface area contributed by atoms with Gasteiger partial charge in [-0.1, -0.05) is 17.7 Å². The van der Waals surface area contributed by atoms with E-state index in [1.165, 1.54) is 0 Å². The second kappa shape index (κ2) is 3.46. The lowest BCUT2D eigenvalue weighted by Gasteiger charge is -2.27. The van der Waals surface area contributed by atoms with Gasteiger partial charge in [0.15, 0.2) is 5.78 Å². The zero-order valence-electron chi connectivity index (χ0n) is 8.68. The molecule has 0 fully saturated rings. The molecule has 0 saturated carbocycles. The number of hydrogen-bond acceptors (Lipinski definition) is 2.